The molecule has 0 atom stereocenters. The van der Waals surface area contributed by atoms with E-state index in [1.807, 2.05) is 0 Å². The summed E-state index contributed by atoms with van der Waals surface area (Å²) < 4.78 is 0. The molecule has 0 spiro atoms. The summed E-state index contributed by atoms with van der Waals surface area (Å²) in [6.07, 6.45) is 0. The summed E-state index contributed by atoms with van der Waals surface area (Å²) in [5.41, 5.74) is 0. The second kappa shape index (κ2) is 16.9. The van der Waals surface area contributed by atoms with Crippen LogP contribution < -0.4 is 0 Å². The first-order chi connectivity index (χ1) is 0. The minimum atomic E-state index is 0. The second-order valence-corrected chi connectivity index (χ2v) is 0. The van der Waals surface area contributed by atoms with Gasteiger partial charge in [0.05, 0.1) is 0 Å². The van der Waals surface area contributed by atoms with Gasteiger partial charge in [-0.25, -0.2) is 0 Å². The molecule has 0 N–H and O–H groups in total. The predicted molar refractivity (Wildman–Crippen MR) is 28.4 cm³/mol. The molecule has 0 aromatic carbocycles. The number of hydrogen-bond donors (Lipinski definition) is 0. The van der Waals surface area contributed by atoms with Gasteiger partial charge < -0.3 is 0 Å². The van der Waals surface area contributed by atoms with Gasteiger partial charge in [-0.1, -0.05) is 0 Å². The first-order valence-electron chi connectivity index (χ1n) is 0. The van der Waals surface area contributed by atoms with Crippen molar-refractivity contribution in [1.29, 1.82) is 0 Å². The first-order valence-corrected chi connectivity index (χ1v) is 0. The predicted octanol–water partition coefficient (Wildman–Crippen LogP) is -3.29. The third-order valence-corrected chi connectivity index (χ3v) is 0. The molecular formula is H8AlInMoSn. The van der Waals surface area contributed by atoms with Gasteiger partial charge in [0.1, 0.15) is 0 Å². The Morgan fingerprint density at radius 1 is 1.00 bits per heavy atom. The Hall–Kier alpha value is 2.89. The van der Waals surface area contributed by atoms with Crippen molar-refractivity contribution in [1.82, 2.24) is 0 Å². The molecular weight excluding hydrogens is 356 g/mol. The van der Waals surface area contributed by atoms with Crippen LogP contribution in [0, 0.1) is 0 Å². The summed E-state index contributed by atoms with van der Waals surface area (Å²) in [4.78, 5) is 0. The number of hydrogen-bond acceptors (Lipinski definition) is 0. The monoisotopic (exact) mass is 368 g/mol. The summed E-state index contributed by atoms with van der Waals surface area (Å²) in [6, 6.07) is 0. The second-order valence-electron chi connectivity index (χ2n) is 0. The fourth-order valence-corrected chi connectivity index (χ4v) is 0. The van der Waals surface area contributed by atoms with E-state index < -0.39 is 0 Å². The van der Waals surface area contributed by atoms with Crippen molar-refractivity contribution in [2.45, 2.75) is 0 Å². The summed E-state index contributed by atoms with van der Waals surface area (Å²) in [6.45, 7) is 0. The normalized spacial score (nSPS) is 0. The zero-order valence-electron chi connectivity index (χ0n) is 1.12. The van der Waals surface area contributed by atoms with E-state index >= 15 is 0 Å². The summed E-state index contributed by atoms with van der Waals surface area (Å²) in [5.74, 6) is 0. The van der Waals surface area contributed by atoms with Crippen molar-refractivity contribution in [2.75, 3.05) is 0 Å². The van der Waals surface area contributed by atoms with E-state index in [1.54, 1.807) is 0 Å². The maximum atomic E-state index is 0. The SMILES string of the molecule is [AlH3].[InH3].[Mo].[SnH2]. The van der Waals surface area contributed by atoms with Gasteiger partial charge in [0, 0.05) is 21.1 Å². The fourth-order valence-electron chi connectivity index (χ4n) is 0. The Kier molecular flexibility index (Phi) is 121. The Labute approximate surface area is 86.6 Å². The van der Waals surface area contributed by atoms with Crippen molar-refractivity contribution in [3.8, 4) is 0 Å². The Morgan fingerprint density at radius 2 is 1.00 bits per heavy atom. The van der Waals surface area contributed by atoms with E-state index in [2.05, 4.69) is 0 Å². The number of rotatable bonds is 0. The average molecular weight is 365 g/mol. The minimum absolute atomic E-state index is 0. The Balaban J connectivity index is 0. The van der Waals surface area contributed by atoms with Crippen LogP contribution in [0.4, 0.5) is 0 Å². The molecule has 0 saturated heterocycles. The molecule has 4 heteroatoms. The van der Waals surface area contributed by atoms with Gasteiger partial charge in [-0.2, -0.15) is 0 Å². The molecule has 0 bridgehead atoms. The zero-order chi connectivity index (χ0) is 0. The Morgan fingerprint density at radius 3 is 1.00 bits per heavy atom. The van der Waals surface area contributed by atoms with E-state index in [4.69, 9.17) is 0 Å². The molecule has 0 aliphatic carbocycles. The molecule has 0 aliphatic heterocycles. The van der Waals surface area contributed by atoms with E-state index in [-0.39, 0.29) is 88.2 Å². The molecule has 2 radical (unpaired) electrons. The van der Waals surface area contributed by atoms with Gasteiger partial charge in [-0.15, -0.1) is 0 Å². The van der Waals surface area contributed by atoms with Gasteiger partial charge in [0.2, 0.25) is 0 Å². The third kappa shape index (κ3) is 8.86. The quantitative estimate of drug-likeness (QED) is 0.396. The van der Waals surface area contributed by atoms with Crippen LogP contribution >= 0.6 is 0 Å². The topological polar surface area (TPSA) is 0 Å². The fraction of sp³-hybridized carbons (Fsp3) is 0. The van der Waals surface area contributed by atoms with Gasteiger partial charge in [-0.3, -0.25) is 0 Å². The Bertz CT molecular complexity index is 8.00. The molecule has 0 aromatic rings. The van der Waals surface area contributed by atoms with Gasteiger partial charge >= 0.3 is 49.8 Å². The van der Waals surface area contributed by atoms with E-state index in [0.29, 0.717) is 0 Å². The molecule has 4 heavy (non-hydrogen) atoms. The molecule has 0 heterocycles. The van der Waals surface area contributed by atoms with Crippen LogP contribution in [0.15, 0.2) is 0 Å². The van der Waals surface area contributed by atoms with Crippen molar-refractivity contribution in [2.24, 2.45) is 0 Å². The molecule has 0 fully saturated rings. The molecule has 0 aliphatic rings. The van der Waals surface area contributed by atoms with Crippen LogP contribution in [0.5, 0.6) is 0 Å². The van der Waals surface area contributed by atoms with Crippen molar-refractivity contribution in [3.05, 3.63) is 0 Å². The van der Waals surface area contributed by atoms with Gasteiger partial charge in [0.25, 0.3) is 0 Å². The van der Waals surface area contributed by atoms with Crippen LogP contribution in [-0.4, -0.2) is 67.1 Å². The summed E-state index contributed by atoms with van der Waals surface area (Å²) in [7, 11) is 0. The third-order valence-electron chi connectivity index (χ3n) is 0. The molecule has 0 rings (SSSR count). The standard InChI is InChI=1S/Al.In.Mo.Sn.8H. The van der Waals surface area contributed by atoms with Crippen LogP contribution in [0.2, 0.25) is 0 Å². The molecule has 24 valence electrons. The van der Waals surface area contributed by atoms with E-state index in [1.165, 1.54) is 0 Å². The van der Waals surface area contributed by atoms with Crippen LogP contribution in [0.1, 0.15) is 0 Å². The first kappa shape index (κ1) is 28.6. The van der Waals surface area contributed by atoms with E-state index in [0.717, 1.165) is 0 Å². The summed E-state index contributed by atoms with van der Waals surface area (Å²) >= 11 is 0. The van der Waals surface area contributed by atoms with Crippen molar-refractivity contribution in [3.63, 3.8) is 0 Å². The molecule has 0 unspecified atom stereocenters. The zero-order valence-corrected chi connectivity index (χ0v) is 7.16. The molecule has 0 nitrogen and oxygen atoms in total. The average Bonchev–Trinajstić information content (AvgIpc) is 0. The molecule has 0 aromatic heterocycles. The van der Waals surface area contributed by atoms with Crippen LogP contribution in [-0.2, 0) is 21.1 Å². The van der Waals surface area contributed by atoms with Crippen LogP contribution in [0.3, 0.4) is 0 Å². The molecule has 0 amide bonds. The van der Waals surface area contributed by atoms with Crippen molar-refractivity contribution >= 4 is 67.1 Å². The van der Waals surface area contributed by atoms with Crippen molar-refractivity contribution < 1.29 is 21.1 Å². The van der Waals surface area contributed by atoms with E-state index in [9.17, 15) is 0 Å². The van der Waals surface area contributed by atoms with Crippen LogP contribution in [0.25, 0.3) is 0 Å². The van der Waals surface area contributed by atoms with Gasteiger partial charge in [-0.05, 0) is 0 Å². The van der Waals surface area contributed by atoms with Gasteiger partial charge in [0.15, 0.2) is 17.4 Å². The summed E-state index contributed by atoms with van der Waals surface area (Å²) in [5, 5.41) is 0. The maximum absolute atomic E-state index is 0. The molecule has 0 saturated carbocycles.